The highest BCUT2D eigenvalue weighted by Gasteiger charge is 2.40. The minimum atomic E-state index is -0.411. The number of carbonyl (C=O) groups excluding carboxylic acids is 3. The van der Waals surface area contributed by atoms with Crippen molar-refractivity contribution in [2.45, 2.75) is 51.5 Å². The van der Waals surface area contributed by atoms with E-state index in [9.17, 15) is 14.4 Å². The van der Waals surface area contributed by atoms with Crippen molar-refractivity contribution in [2.24, 2.45) is 5.92 Å². The van der Waals surface area contributed by atoms with Gasteiger partial charge in [-0.15, -0.1) is 11.3 Å². The predicted molar refractivity (Wildman–Crippen MR) is 131 cm³/mol. The van der Waals surface area contributed by atoms with Crippen LogP contribution in [-0.4, -0.2) is 65.2 Å². The van der Waals surface area contributed by atoms with E-state index in [-0.39, 0.29) is 23.6 Å². The Balaban J connectivity index is 1.35. The van der Waals surface area contributed by atoms with E-state index in [1.54, 1.807) is 18.7 Å². The number of piperidine rings is 2. The second kappa shape index (κ2) is 10.8. The zero-order valence-electron chi connectivity index (χ0n) is 20.0. The van der Waals surface area contributed by atoms with Crippen molar-refractivity contribution >= 4 is 29.0 Å². The fourth-order valence-corrected chi connectivity index (χ4v) is 5.95. The van der Waals surface area contributed by atoms with Crippen LogP contribution in [0, 0.1) is 5.92 Å². The lowest BCUT2D eigenvalue weighted by Crippen LogP contribution is -2.46. The van der Waals surface area contributed by atoms with Gasteiger partial charge in [-0.05, 0) is 58.2 Å². The Kier molecular flexibility index (Phi) is 7.78. The molecule has 1 aromatic heterocycles. The van der Waals surface area contributed by atoms with Gasteiger partial charge in [-0.2, -0.15) is 0 Å². The summed E-state index contributed by atoms with van der Waals surface area (Å²) in [4.78, 5) is 46.4. The Bertz CT molecular complexity index is 1010. The predicted octanol–water partition coefficient (Wildman–Crippen LogP) is 3.68. The van der Waals surface area contributed by atoms with E-state index in [0.717, 1.165) is 49.3 Å². The molecule has 3 heterocycles. The number of aromatic nitrogens is 1. The molecule has 2 aromatic rings. The molecule has 1 unspecified atom stereocenters. The topological polar surface area (TPSA) is 79.8 Å². The summed E-state index contributed by atoms with van der Waals surface area (Å²) < 4.78 is 5.14. The normalized spacial score (nSPS) is 20.6. The van der Waals surface area contributed by atoms with Gasteiger partial charge >= 0.3 is 5.97 Å². The molecule has 7 nitrogen and oxygen atoms in total. The van der Waals surface area contributed by atoms with Crippen LogP contribution in [0.1, 0.15) is 60.6 Å². The molecule has 2 saturated heterocycles. The first-order valence-corrected chi connectivity index (χ1v) is 13.0. The standard InChI is InChI=1S/C26H33N3O4S/c1-3-33-25(32)20-8-7-13-29(16-20)24(31)22-18-34-23(27-22)17-28-14-11-26(12-15-28,19(2)30)21-9-5-4-6-10-21/h4-6,9-10,18,20H,3,7-8,11-17H2,1-2H3. The number of hydrogen-bond donors (Lipinski definition) is 0. The van der Waals surface area contributed by atoms with Gasteiger partial charge in [0, 0.05) is 18.5 Å². The Hall–Kier alpha value is -2.58. The van der Waals surface area contributed by atoms with Gasteiger partial charge in [0.1, 0.15) is 16.5 Å². The molecule has 182 valence electrons. The molecule has 0 N–H and O–H groups in total. The van der Waals surface area contributed by atoms with E-state index in [4.69, 9.17) is 4.74 Å². The van der Waals surface area contributed by atoms with Gasteiger partial charge in [0.05, 0.1) is 24.5 Å². The second-order valence-electron chi connectivity index (χ2n) is 9.25. The SMILES string of the molecule is CCOC(=O)C1CCCN(C(=O)c2csc(CN3CCC(C(C)=O)(c4ccccc4)CC3)n2)C1. The van der Waals surface area contributed by atoms with E-state index >= 15 is 0 Å². The van der Waals surface area contributed by atoms with Gasteiger partial charge in [0.15, 0.2) is 0 Å². The minimum absolute atomic E-state index is 0.116. The molecule has 2 aliphatic rings. The zero-order chi connectivity index (χ0) is 24.1. The molecule has 2 fully saturated rings. The average molecular weight is 484 g/mol. The number of ketones is 1. The number of Topliss-reactive ketones (excluding diaryl/α,β-unsaturated/α-hetero) is 1. The van der Waals surface area contributed by atoms with Crippen molar-refractivity contribution in [1.29, 1.82) is 0 Å². The summed E-state index contributed by atoms with van der Waals surface area (Å²) in [7, 11) is 0. The molecule has 4 rings (SSSR count). The van der Waals surface area contributed by atoms with E-state index in [0.29, 0.717) is 31.9 Å². The van der Waals surface area contributed by atoms with Crippen LogP contribution in [-0.2, 0) is 26.3 Å². The quantitative estimate of drug-likeness (QED) is 0.559. The van der Waals surface area contributed by atoms with Crippen LogP contribution in [0.5, 0.6) is 0 Å². The van der Waals surface area contributed by atoms with Gasteiger partial charge in [0.25, 0.3) is 5.91 Å². The first-order chi connectivity index (χ1) is 16.4. The van der Waals surface area contributed by atoms with Crippen LogP contribution in [0.25, 0.3) is 0 Å². The number of benzene rings is 1. The number of amides is 1. The molecular formula is C26H33N3O4S. The highest BCUT2D eigenvalue weighted by atomic mass is 32.1. The van der Waals surface area contributed by atoms with Crippen molar-refractivity contribution in [3.05, 3.63) is 52.0 Å². The van der Waals surface area contributed by atoms with Gasteiger partial charge in [-0.1, -0.05) is 30.3 Å². The van der Waals surface area contributed by atoms with E-state index < -0.39 is 5.41 Å². The Morgan fingerprint density at radius 2 is 1.88 bits per heavy atom. The van der Waals surface area contributed by atoms with Crippen molar-refractivity contribution in [3.8, 4) is 0 Å². The van der Waals surface area contributed by atoms with Crippen LogP contribution < -0.4 is 0 Å². The smallest absolute Gasteiger partial charge is 0.310 e. The maximum atomic E-state index is 13.0. The van der Waals surface area contributed by atoms with E-state index in [2.05, 4.69) is 22.0 Å². The highest BCUT2D eigenvalue weighted by molar-refractivity contribution is 7.09. The first kappa shape index (κ1) is 24.5. The summed E-state index contributed by atoms with van der Waals surface area (Å²) in [6, 6.07) is 10.1. The number of hydrogen-bond acceptors (Lipinski definition) is 7. The highest BCUT2D eigenvalue weighted by Crippen LogP contribution is 2.37. The maximum Gasteiger partial charge on any atom is 0.310 e. The number of rotatable bonds is 7. The Morgan fingerprint density at radius 3 is 2.56 bits per heavy atom. The van der Waals surface area contributed by atoms with Crippen LogP contribution in [0.4, 0.5) is 0 Å². The first-order valence-electron chi connectivity index (χ1n) is 12.1. The third-order valence-corrected chi connectivity index (χ3v) is 8.00. The fraction of sp³-hybridized carbons (Fsp3) is 0.538. The van der Waals surface area contributed by atoms with Crippen molar-refractivity contribution < 1.29 is 19.1 Å². The fourth-order valence-electron chi connectivity index (χ4n) is 5.14. The number of carbonyl (C=O) groups is 3. The maximum absolute atomic E-state index is 13.0. The molecule has 1 aromatic carbocycles. The average Bonchev–Trinajstić information content (AvgIpc) is 3.33. The van der Waals surface area contributed by atoms with Gasteiger partial charge in [0.2, 0.25) is 0 Å². The number of thiazole rings is 1. The minimum Gasteiger partial charge on any atom is -0.466 e. The molecule has 0 radical (unpaired) electrons. The number of likely N-dealkylation sites (tertiary alicyclic amines) is 2. The van der Waals surface area contributed by atoms with Crippen molar-refractivity contribution in [2.75, 3.05) is 32.8 Å². The summed E-state index contributed by atoms with van der Waals surface area (Å²) in [5, 5.41) is 2.72. The summed E-state index contributed by atoms with van der Waals surface area (Å²) in [6.45, 7) is 7.18. The largest absolute Gasteiger partial charge is 0.466 e. The van der Waals surface area contributed by atoms with Gasteiger partial charge in [-0.25, -0.2) is 4.98 Å². The molecule has 0 spiro atoms. The summed E-state index contributed by atoms with van der Waals surface area (Å²) in [6.07, 6.45) is 3.11. The molecule has 8 heteroatoms. The summed E-state index contributed by atoms with van der Waals surface area (Å²) in [5.41, 5.74) is 1.14. The summed E-state index contributed by atoms with van der Waals surface area (Å²) >= 11 is 1.49. The third kappa shape index (κ3) is 5.23. The number of nitrogens with zero attached hydrogens (tertiary/aromatic N) is 3. The lowest BCUT2D eigenvalue weighted by atomic mass is 9.70. The molecule has 1 amide bonds. The van der Waals surface area contributed by atoms with E-state index in [1.807, 2.05) is 23.6 Å². The van der Waals surface area contributed by atoms with Crippen LogP contribution >= 0.6 is 11.3 Å². The van der Waals surface area contributed by atoms with Crippen molar-refractivity contribution in [1.82, 2.24) is 14.8 Å². The molecular weight excluding hydrogens is 450 g/mol. The molecule has 1 atom stereocenters. The second-order valence-corrected chi connectivity index (χ2v) is 10.2. The summed E-state index contributed by atoms with van der Waals surface area (Å²) in [5.74, 6) is -0.366. The third-order valence-electron chi connectivity index (χ3n) is 7.17. The van der Waals surface area contributed by atoms with E-state index in [1.165, 1.54) is 11.3 Å². The van der Waals surface area contributed by atoms with Crippen molar-refractivity contribution in [3.63, 3.8) is 0 Å². The van der Waals surface area contributed by atoms with Crippen LogP contribution in [0.2, 0.25) is 0 Å². The van der Waals surface area contributed by atoms with Gasteiger partial charge in [-0.3, -0.25) is 19.3 Å². The number of ether oxygens (including phenoxy) is 1. The van der Waals surface area contributed by atoms with Crippen LogP contribution in [0.15, 0.2) is 35.7 Å². The monoisotopic (exact) mass is 483 g/mol. The molecule has 0 saturated carbocycles. The Morgan fingerprint density at radius 1 is 1.15 bits per heavy atom. The van der Waals surface area contributed by atoms with Gasteiger partial charge < -0.3 is 9.64 Å². The lowest BCUT2D eigenvalue weighted by Gasteiger charge is -2.40. The molecule has 0 aliphatic carbocycles. The van der Waals surface area contributed by atoms with Crippen LogP contribution in [0.3, 0.4) is 0 Å². The zero-order valence-corrected chi connectivity index (χ0v) is 20.8. The number of esters is 1. The lowest BCUT2D eigenvalue weighted by molar-refractivity contribution is -0.149. The molecule has 2 aliphatic heterocycles. The molecule has 34 heavy (non-hydrogen) atoms. The Labute approximate surface area is 205 Å². The molecule has 0 bridgehead atoms.